The second-order valence-electron chi connectivity index (χ2n) is 6.17. The molecule has 26 heavy (non-hydrogen) atoms. The fourth-order valence-electron chi connectivity index (χ4n) is 2.68. The summed E-state index contributed by atoms with van der Waals surface area (Å²) in [6, 6.07) is 15.4. The van der Waals surface area contributed by atoms with Crippen molar-refractivity contribution in [2.24, 2.45) is 0 Å². The molecule has 0 saturated carbocycles. The van der Waals surface area contributed by atoms with Gasteiger partial charge in [0.05, 0.1) is 5.56 Å². The van der Waals surface area contributed by atoms with Crippen LogP contribution in [0.3, 0.4) is 0 Å². The van der Waals surface area contributed by atoms with Crippen LogP contribution in [0.1, 0.15) is 29.3 Å². The number of rotatable bonds is 5. The Bertz CT molecular complexity index is 826. The molecule has 0 saturated heterocycles. The van der Waals surface area contributed by atoms with E-state index < -0.39 is 18.2 Å². The summed E-state index contributed by atoms with van der Waals surface area (Å²) in [6.07, 6.45) is 6.38. The second-order valence-corrected chi connectivity index (χ2v) is 6.17. The Morgan fingerprint density at radius 3 is 2.35 bits per heavy atom. The zero-order valence-electron chi connectivity index (χ0n) is 14.2. The Morgan fingerprint density at radius 2 is 1.77 bits per heavy atom. The number of ether oxygens (including phenoxy) is 2. The smallest absolute Gasteiger partial charge is 0.387 e. The summed E-state index contributed by atoms with van der Waals surface area (Å²) in [5.74, 6) is -0.520. The first-order valence-corrected chi connectivity index (χ1v) is 8.18. The quantitative estimate of drug-likeness (QED) is 0.687. The second kappa shape index (κ2) is 7.52. The molecule has 3 rings (SSSR count). The number of alkyl halides is 2. The summed E-state index contributed by atoms with van der Waals surface area (Å²) in [7, 11) is 0. The zero-order chi connectivity index (χ0) is 18.6. The van der Waals surface area contributed by atoms with Gasteiger partial charge in [-0.1, -0.05) is 42.5 Å². The van der Waals surface area contributed by atoms with Crippen LogP contribution in [-0.4, -0.2) is 18.2 Å². The summed E-state index contributed by atoms with van der Waals surface area (Å²) in [6.45, 7) is -1.07. The minimum atomic E-state index is -2.90. The molecular weight excluding hydrogens is 338 g/mol. The van der Waals surface area contributed by atoms with E-state index in [1.54, 1.807) is 0 Å². The molecule has 1 aliphatic rings. The van der Waals surface area contributed by atoms with Gasteiger partial charge in [0.1, 0.15) is 11.4 Å². The number of benzene rings is 2. The molecule has 0 aliphatic heterocycles. The van der Waals surface area contributed by atoms with Gasteiger partial charge in [-0.15, -0.1) is 0 Å². The minimum Gasteiger partial charge on any atom is -0.451 e. The maximum atomic E-state index is 12.3. The first-order chi connectivity index (χ1) is 12.5. The molecule has 0 amide bonds. The lowest BCUT2D eigenvalue weighted by atomic mass is 9.90. The number of allylic oxidation sites excluding steroid dienone is 2. The van der Waals surface area contributed by atoms with E-state index in [1.807, 2.05) is 55.5 Å². The van der Waals surface area contributed by atoms with Crippen LogP contribution in [0.2, 0.25) is 0 Å². The molecule has 5 heteroatoms. The lowest BCUT2D eigenvalue weighted by Crippen LogP contribution is -2.30. The fraction of sp³-hybridized carbons (Fsp3) is 0.190. The maximum absolute atomic E-state index is 12.3. The van der Waals surface area contributed by atoms with Gasteiger partial charge >= 0.3 is 12.6 Å². The van der Waals surface area contributed by atoms with Crippen LogP contribution < -0.4 is 4.74 Å². The van der Waals surface area contributed by atoms with E-state index >= 15 is 0 Å². The number of halogens is 2. The monoisotopic (exact) mass is 356 g/mol. The highest BCUT2D eigenvalue weighted by molar-refractivity contribution is 5.90. The van der Waals surface area contributed by atoms with Crippen molar-refractivity contribution < 1.29 is 23.0 Å². The first kappa shape index (κ1) is 17.9. The Kier molecular flexibility index (Phi) is 5.16. The highest BCUT2D eigenvalue weighted by Gasteiger charge is 2.28. The van der Waals surface area contributed by atoms with Crippen molar-refractivity contribution >= 4 is 11.5 Å². The van der Waals surface area contributed by atoms with Crippen LogP contribution in [-0.2, 0) is 4.74 Å². The number of hydrogen-bond donors (Lipinski definition) is 0. The van der Waals surface area contributed by atoms with Crippen LogP contribution in [0.25, 0.3) is 5.57 Å². The van der Waals surface area contributed by atoms with Crippen molar-refractivity contribution in [3.05, 3.63) is 84.0 Å². The van der Waals surface area contributed by atoms with Gasteiger partial charge in [0.15, 0.2) is 0 Å². The van der Waals surface area contributed by atoms with Crippen LogP contribution >= 0.6 is 0 Å². The van der Waals surface area contributed by atoms with Crippen molar-refractivity contribution in [3.8, 4) is 5.75 Å². The summed E-state index contributed by atoms with van der Waals surface area (Å²) >= 11 is 0. The molecule has 0 N–H and O–H groups in total. The number of carbonyl (C=O) groups excluding carboxylic acids is 1. The first-order valence-electron chi connectivity index (χ1n) is 8.18. The Hall–Kier alpha value is -2.95. The highest BCUT2D eigenvalue weighted by Crippen LogP contribution is 2.30. The SMILES string of the molecule is CC1(OC(=O)c2ccc(OC(F)F)cc2)C=CC(c2ccccc2)=CC1. The van der Waals surface area contributed by atoms with Crippen LogP contribution in [0.15, 0.2) is 72.8 Å². The summed E-state index contributed by atoms with van der Waals surface area (Å²) in [5.41, 5.74) is 1.70. The number of hydrogen-bond acceptors (Lipinski definition) is 3. The molecule has 0 aromatic heterocycles. The average Bonchev–Trinajstić information content (AvgIpc) is 2.63. The van der Waals surface area contributed by atoms with Gasteiger partial charge < -0.3 is 9.47 Å². The average molecular weight is 356 g/mol. The normalized spacial score (nSPS) is 19.2. The highest BCUT2D eigenvalue weighted by atomic mass is 19.3. The van der Waals surface area contributed by atoms with E-state index in [-0.39, 0.29) is 11.3 Å². The van der Waals surface area contributed by atoms with Gasteiger partial charge in [-0.25, -0.2) is 4.79 Å². The van der Waals surface area contributed by atoms with E-state index in [0.29, 0.717) is 6.42 Å². The molecule has 2 aromatic carbocycles. The van der Waals surface area contributed by atoms with Gasteiger partial charge in [-0.2, -0.15) is 8.78 Å². The van der Waals surface area contributed by atoms with Gasteiger partial charge in [-0.05, 0) is 48.4 Å². The predicted octanol–water partition coefficient (Wildman–Crippen LogP) is 5.25. The third-order valence-electron chi connectivity index (χ3n) is 4.09. The van der Waals surface area contributed by atoms with Crippen molar-refractivity contribution in [2.75, 3.05) is 0 Å². The van der Waals surface area contributed by atoms with E-state index in [9.17, 15) is 13.6 Å². The van der Waals surface area contributed by atoms with Crippen molar-refractivity contribution in [2.45, 2.75) is 25.6 Å². The van der Waals surface area contributed by atoms with Crippen molar-refractivity contribution in [1.29, 1.82) is 0 Å². The van der Waals surface area contributed by atoms with E-state index in [4.69, 9.17) is 4.74 Å². The van der Waals surface area contributed by atoms with Crippen LogP contribution in [0.4, 0.5) is 8.78 Å². The van der Waals surface area contributed by atoms with Gasteiger partial charge in [-0.3, -0.25) is 0 Å². The van der Waals surface area contributed by atoms with Crippen molar-refractivity contribution in [1.82, 2.24) is 0 Å². The van der Waals surface area contributed by atoms with E-state index in [2.05, 4.69) is 4.74 Å². The molecule has 0 radical (unpaired) electrons. The summed E-state index contributed by atoms with van der Waals surface area (Å²) in [5, 5.41) is 0. The van der Waals surface area contributed by atoms with Crippen LogP contribution in [0.5, 0.6) is 5.75 Å². The van der Waals surface area contributed by atoms with Crippen LogP contribution in [0, 0.1) is 0 Å². The van der Waals surface area contributed by atoms with Gasteiger partial charge in [0.2, 0.25) is 0 Å². The molecule has 2 aromatic rings. The van der Waals surface area contributed by atoms with Gasteiger partial charge in [0, 0.05) is 6.42 Å². The number of carbonyl (C=O) groups is 1. The summed E-state index contributed by atoms with van der Waals surface area (Å²) in [4.78, 5) is 12.3. The molecule has 0 bridgehead atoms. The van der Waals surface area contributed by atoms with E-state index in [0.717, 1.165) is 11.1 Å². The Morgan fingerprint density at radius 1 is 1.08 bits per heavy atom. The van der Waals surface area contributed by atoms with Crippen molar-refractivity contribution in [3.63, 3.8) is 0 Å². The summed E-state index contributed by atoms with van der Waals surface area (Å²) < 4.78 is 34.2. The van der Waals surface area contributed by atoms with E-state index in [1.165, 1.54) is 24.3 Å². The Balaban J connectivity index is 1.65. The number of esters is 1. The third kappa shape index (κ3) is 4.36. The zero-order valence-corrected chi connectivity index (χ0v) is 14.2. The molecule has 0 fully saturated rings. The molecule has 1 atom stereocenters. The molecular formula is C21H18F2O3. The Labute approximate surface area is 150 Å². The lowest BCUT2D eigenvalue weighted by molar-refractivity contribution is -0.0498. The standard InChI is InChI=1S/C21H18F2O3/c1-21(13-11-16(12-14-21)15-5-3-2-4-6-15)26-19(24)17-7-9-18(10-8-17)25-20(22)23/h2-13,20H,14H2,1H3. The largest absolute Gasteiger partial charge is 0.451 e. The maximum Gasteiger partial charge on any atom is 0.387 e. The molecule has 0 heterocycles. The predicted molar refractivity (Wildman–Crippen MR) is 95.1 cm³/mol. The minimum absolute atomic E-state index is 0.00393. The topological polar surface area (TPSA) is 35.5 Å². The molecule has 1 aliphatic carbocycles. The molecule has 3 nitrogen and oxygen atoms in total. The molecule has 134 valence electrons. The fourth-order valence-corrected chi connectivity index (χ4v) is 2.68. The third-order valence-corrected chi connectivity index (χ3v) is 4.09. The molecule has 1 unspecified atom stereocenters. The molecule has 0 spiro atoms. The van der Waals surface area contributed by atoms with Gasteiger partial charge in [0.25, 0.3) is 0 Å². The lowest BCUT2D eigenvalue weighted by Gasteiger charge is -2.28.